The van der Waals surface area contributed by atoms with Gasteiger partial charge in [0.15, 0.2) is 0 Å². The van der Waals surface area contributed by atoms with Crippen LogP contribution in [0.1, 0.15) is 39.2 Å². The molecule has 0 bridgehead atoms. The van der Waals surface area contributed by atoms with E-state index in [1.807, 2.05) is 60.7 Å². The third kappa shape index (κ3) is 4.68. The molecule has 0 amide bonds. The predicted molar refractivity (Wildman–Crippen MR) is 123 cm³/mol. The number of benzene rings is 2. The lowest BCUT2D eigenvalue weighted by atomic mass is 9.96. The van der Waals surface area contributed by atoms with Crippen LogP contribution in [0.25, 0.3) is 11.3 Å². The minimum atomic E-state index is -0.471. The Morgan fingerprint density at radius 3 is 2.26 bits per heavy atom. The Hall–Kier alpha value is -3.41. The van der Waals surface area contributed by atoms with Crippen LogP contribution in [-0.4, -0.2) is 28.6 Å². The number of nitrogens with zero attached hydrogens (tertiary/aromatic N) is 2. The third-order valence-corrected chi connectivity index (χ3v) is 5.32. The van der Waals surface area contributed by atoms with Crippen LogP contribution in [0.15, 0.2) is 60.7 Å². The van der Waals surface area contributed by atoms with Crippen molar-refractivity contribution < 1.29 is 9.53 Å². The molecule has 3 aromatic rings. The van der Waals surface area contributed by atoms with E-state index in [1.165, 1.54) is 7.11 Å². The molecule has 1 heterocycles. The number of ether oxygens (including phenoxy) is 1. The fourth-order valence-corrected chi connectivity index (χ4v) is 3.64. The Bertz CT molecular complexity index is 1070. The quantitative estimate of drug-likeness (QED) is 0.531. The molecule has 6 nitrogen and oxygen atoms in total. The topological polar surface area (TPSA) is 76.1 Å². The second-order valence-corrected chi connectivity index (χ2v) is 8.98. The fraction of sp³-hybridized carbons (Fsp3) is 0.320. The minimum absolute atomic E-state index is 0.131. The number of carbonyl (C=O) groups is 1. The van der Waals surface area contributed by atoms with Gasteiger partial charge in [-0.05, 0) is 51.3 Å². The van der Waals surface area contributed by atoms with Gasteiger partial charge in [0.25, 0.3) is 0 Å². The van der Waals surface area contributed by atoms with E-state index < -0.39 is 5.41 Å². The van der Waals surface area contributed by atoms with Crippen LogP contribution in [0.2, 0.25) is 0 Å². The largest absolute Gasteiger partial charge is 0.468 e. The van der Waals surface area contributed by atoms with Crippen molar-refractivity contribution in [3.63, 3.8) is 0 Å². The maximum absolute atomic E-state index is 12.1. The molecule has 1 fully saturated rings. The molecule has 1 aliphatic rings. The number of rotatable bonds is 6. The highest BCUT2D eigenvalue weighted by Gasteiger charge is 2.52. The number of hydrogen-bond acceptors (Lipinski definition) is 6. The van der Waals surface area contributed by atoms with Crippen LogP contribution in [0, 0.1) is 0 Å². The summed E-state index contributed by atoms with van der Waals surface area (Å²) in [6.45, 7) is 6.29. The maximum atomic E-state index is 12.1. The molecule has 1 aromatic heterocycles. The highest BCUT2D eigenvalue weighted by Crippen LogP contribution is 2.49. The number of hydrogen-bond donors (Lipinski definition) is 2. The summed E-state index contributed by atoms with van der Waals surface area (Å²) in [6.07, 6.45) is 1.66. The van der Waals surface area contributed by atoms with Gasteiger partial charge in [-0.15, -0.1) is 0 Å². The van der Waals surface area contributed by atoms with Gasteiger partial charge in [-0.1, -0.05) is 42.5 Å². The summed E-state index contributed by atoms with van der Waals surface area (Å²) in [5, 5.41) is 6.74. The first-order valence-corrected chi connectivity index (χ1v) is 10.5. The van der Waals surface area contributed by atoms with Crippen molar-refractivity contribution in [2.75, 3.05) is 17.7 Å². The van der Waals surface area contributed by atoms with E-state index in [-0.39, 0.29) is 11.5 Å². The van der Waals surface area contributed by atoms with Gasteiger partial charge in [0.1, 0.15) is 5.82 Å². The summed E-state index contributed by atoms with van der Waals surface area (Å²) < 4.78 is 4.98. The SMILES string of the molecule is COC(=O)C1(c2ccc(Nc3nc(NC(C)(C)C)cc(-c4ccccc4)n3)cc2)CC1. The zero-order valence-corrected chi connectivity index (χ0v) is 18.4. The van der Waals surface area contributed by atoms with Crippen molar-refractivity contribution in [1.29, 1.82) is 0 Å². The fourth-order valence-electron chi connectivity index (χ4n) is 3.64. The number of carbonyl (C=O) groups excluding carboxylic acids is 1. The predicted octanol–water partition coefficient (Wildman–Crippen LogP) is 5.30. The molecule has 0 saturated heterocycles. The maximum Gasteiger partial charge on any atom is 0.316 e. The van der Waals surface area contributed by atoms with Crippen molar-refractivity contribution in [3.05, 3.63) is 66.2 Å². The van der Waals surface area contributed by atoms with E-state index in [2.05, 4.69) is 36.4 Å². The van der Waals surface area contributed by atoms with E-state index in [0.29, 0.717) is 5.95 Å². The monoisotopic (exact) mass is 416 g/mol. The molecule has 0 atom stereocenters. The van der Waals surface area contributed by atoms with E-state index in [9.17, 15) is 4.79 Å². The molecule has 4 rings (SSSR count). The molecule has 31 heavy (non-hydrogen) atoms. The molecule has 1 aliphatic carbocycles. The van der Waals surface area contributed by atoms with Gasteiger partial charge in [0.2, 0.25) is 5.95 Å². The van der Waals surface area contributed by atoms with E-state index in [1.54, 1.807) is 0 Å². The van der Waals surface area contributed by atoms with Crippen LogP contribution >= 0.6 is 0 Å². The lowest BCUT2D eigenvalue weighted by molar-refractivity contribution is -0.143. The summed E-state index contributed by atoms with van der Waals surface area (Å²) in [6, 6.07) is 19.9. The van der Waals surface area contributed by atoms with Crippen LogP contribution in [0.4, 0.5) is 17.5 Å². The molecule has 2 N–H and O–H groups in total. The van der Waals surface area contributed by atoms with Gasteiger partial charge in [-0.3, -0.25) is 4.79 Å². The van der Waals surface area contributed by atoms with Crippen molar-refractivity contribution in [1.82, 2.24) is 9.97 Å². The second kappa shape index (κ2) is 8.02. The van der Waals surface area contributed by atoms with E-state index >= 15 is 0 Å². The molecular formula is C25H28N4O2. The Morgan fingerprint density at radius 1 is 1.00 bits per heavy atom. The van der Waals surface area contributed by atoms with Crippen molar-refractivity contribution in [3.8, 4) is 11.3 Å². The Balaban J connectivity index is 1.61. The minimum Gasteiger partial charge on any atom is -0.468 e. The molecule has 0 radical (unpaired) electrons. The zero-order valence-electron chi connectivity index (χ0n) is 18.4. The summed E-state index contributed by atoms with van der Waals surface area (Å²) >= 11 is 0. The van der Waals surface area contributed by atoms with Crippen molar-refractivity contribution in [2.45, 2.75) is 44.6 Å². The normalized spacial score (nSPS) is 14.6. The van der Waals surface area contributed by atoms with Gasteiger partial charge in [0.05, 0.1) is 18.2 Å². The number of nitrogens with one attached hydrogen (secondary N) is 2. The van der Waals surface area contributed by atoms with Gasteiger partial charge in [-0.25, -0.2) is 4.98 Å². The molecule has 6 heteroatoms. The molecular weight excluding hydrogens is 388 g/mol. The molecule has 0 unspecified atom stereocenters. The van der Waals surface area contributed by atoms with Crippen LogP contribution in [0.5, 0.6) is 0 Å². The third-order valence-electron chi connectivity index (χ3n) is 5.32. The Morgan fingerprint density at radius 2 is 1.68 bits per heavy atom. The Kier molecular flexibility index (Phi) is 5.39. The number of esters is 1. The average Bonchev–Trinajstić information content (AvgIpc) is 3.55. The summed E-state index contributed by atoms with van der Waals surface area (Å²) in [4.78, 5) is 21.5. The zero-order chi connectivity index (χ0) is 22.1. The smallest absolute Gasteiger partial charge is 0.316 e. The molecule has 160 valence electrons. The number of anilines is 3. The summed E-state index contributed by atoms with van der Waals surface area (Å²) in [7, 11) is 1.44. The average molecular weight is 417 g/mol. The lowest BCUT2D eigenvalue weighted by Gasteiger charge is -2.22. The van der Waals surface area contributed by atoms with Gasteiger partial charge >= 0.3 is 5.97 Å². The summed E-state index contributed by atoms with van der Waals surface area (Å²) in [5.41, 5.74) is 3.10. The number of aromatic nitrogens is 2. The first-order chi connectivity index (χ1) is 14.8. The highest BCUT2D eigenvalue weighted by molar-refractivity contribution is 5.86. The van der Waals surface area contributed by atoms with E-state index in [4.69, 9.17) is 9.72 Å². The standard InChI is InChI=1S/C25H28N4O2/c1-24(2,3)29-21-16-20(17-8-6-5-7-9-17)27-23(28-21)26-19-12-10-18(11-13-19)25(14-15-25)22(30)31-4/h5-13,16H,14-15H2,1-4H3,(H2,26,27,28,29). The second-order valence-electron chi connectivity index (χ2n) is 8.98. The van der Waals surface area contributed by atoms with Crippen LogP contribution in [-0.2, 0) is 14.9 Å². The number of methoxy groups -OCH3 is 1. The molecule has 0 aliphatic heterocycles. The van der Waals surface area contributed by atoms with Gasteiger partial charge in [0, 0.05) is 22.9 Å². The summed E-state index contributed by atoms with van der Waals surface area (Å²) in [5.74, 6) is 1.10. The lowest BCUT2D eigenvalue weighted by Crippen LogP contribution is -2.26. The molecule has 2 aromatic carbocycles. The first-order valence-electron chi connectivity index (χ1n) is 10.5. The first kappa shape index (κ1) is 20.8. The highest BCUT2D eigenvalue weighted by atomic mass is 16.5. The van der Waals surface area contributed by atoms with Gasteiger partial charge in [-0.2, -0.15) is 4.98 Å². The Labute approximate surface area is 183 Å². The van der Waals surface area contributed by atoms with Gasteiger partial charge < -0.3 is 15.4 Å². The van der Waals surface area contributed by atoms with E-state index in [0.717, 1.165) is 41.2 Å². The van der Waals surface area contributed by atoms with Crippen molar-refractivity contribution >= 4 is 23.4 Å². The van der Waals surface area contributed by atoms with Crippen molar-refractivity contribution in [2.24, 2.45) is 0 Å². The van der Waals surface area contributed by atoms with Crippen LogP contribution in [0.3, 0.4) is 0 Å². The van der Waals surface area contributed by atoms with Crippen LogP contribution < -0.4 is 10.6 Å². The molecule has 1 saturated carbocycles. The molecule has 0 spiro atoms.